The van der Waals surface area contributed by atoms with Gasteiger partial charge >= 0.3 is 5.97 Å². The van der Waals surface area contributed by atoms with Gasteiger partial charge in [0.15, 0.2) is 0 Å². The van der Waals surface area contributed by atoms with E-state index in [0.717, 1.165) is 0 Å². The standard InChI is InChI=1S/C24H29ClN2O5S/c1-3-10-26(16-8-6-15(25)7-9-16)22(30)20-24-14(2)13-17(33-24)18(23(31)32)19(24)21(29)27(20)11-4-5-12-28/h3,6-9,14,17-20,28H,1,4-5,10-13H2,2H3,(H,31,32)/t14?,17-,18+,19+,20?,24?/m1/s1. The van der Waals surface area contributed by atoms with Crippen LogP contribution < -0.4 is 4.90 Å². The number of nitrogens with zero attached hydrogens (tertiary/aromatic N) is 2. The summed E-state index contributed by atoms with van der Waals surface area (Å²) in [4.78, 5) is 43.3. The third kappa shape index (κ3) is 3.76. The van der Waals surface area contributed by atoms with Crippen LogP contribution in [0.25, 0.3) is 0 Å². The predicted octanol–water partition coefficient (Wildman–Crippen LogP) is 3.05. The number of fused-ring (bicyclic) bond motifs is 1. The van der Waals surface area contributed by atoms with Gasteiger partial charge < -0.3 is 20.0 Å². The highest BCUT2D eigenvalue weighted by Crippen LogP contribution is 2.68. The first-order chi connectivity index (χ1) is 15.8. The lowest BCUT2D eigenvalue weighted by Crippen LogP contribution is -2.57. The van der Waals surface area contributed by atoms with Gasteiger partial charge in [-0.2, -0.15) is 0 Å². The largest absolute Gasteiger partial charge is 0.481 e. The summed E-state index contributed by atoms with van der Waals surface area (Å²) in [5.74, 6) is -2.96. The van der Waals surface area contributed by atoms with Crippen molar-refractivity contribution in [3.8, 4) is 0 Å². The van der Waals surface area contributed by atoms with Crippen molar-refractivity contribution in [2.45, 2.75) is 42.2 Å². The van der Waals surface area contributed by atoms with Crippen LogP contribution in [-0.4, -0.2) is 68.6 Å². The van der Waals surface area contributed by atoms with Gasteiger partial charge in [-0.25, -0.2) is 0 Å². The van der Waals surface area contributed by atoms with Crippen LogP contribution in [0.3, 0.4) is 0 Å². The average molecular weight is 493 g/mol. The molecule has 6 atom stereocenters. The molecular formula is C24H29ClN2O5S. The van der Waals surface area contributed by atoms with E-state index in [1.165, 1.54) is 11.8 Å². The van der Waals surface area contributed by atoms with E-state index in [1.807, 2.05) is 6.92 Å². The minimum atomic E-state index is -0.969. The number of benzene rings is 1. The van der Waals surface area contributed by atoms with Gasteiger partial charge in [0, 0.05) is 35.7 Å². The molecule has 0 saturated carbocycles. The molecule has 3 aliphatic heterocycles. The van der Waals surface area contributed by atoms with Crippen molar-refractivity contribution in [1.29, 1.82) is 0 Å². The number of rotatable bonds is 9. The Kier molecular flexibility index (Phi) is 6.80. The Bertz CT molecular complexity index is 957. The van der Waals surface area contributed by atoms with E-state index in [4.69, 9.17) is 11.6 Å². The van der Waals surface area contributed by atoms with Crippen LogP contribution in [-0.2, 0) is 14.4 Å². The fourth-order valence-corrected chi connectivity index (χ4v) is 8.47. The molecule has 3 unspecified atom stereocenters. The number of likely N-dealkylation sites (tertiary alicyclic amines) is 1. The Morgan fingerprint density at radius 3 is 2.64 bits per heavy atom. The van der Waals surface area contributed by atoms with Crippen LogP contribution in [0, 0.1) is 17.8 Å². The number of halogens is 1. The maximum Gasteiger partial charge on any atom is 0.308 e. The molecular weight excluding hydrogens is 464 g/mol. The van der Waals surface area contributed by atoms with Crippen LogP contribution in [0.15, 0.2) is 36.9 Å². The van der Waals surface area contributed by atoms with E-state index < -0.39 is 28.6 Å². The molecule has 3 saturated heterocycles. The summed E-state index contributed by atoms with van der Waals surface area (Å²) < 4.78 is -0.785. The second-order valence-electron chi connectivity index (χ2n) is 9.07. The molecule has 0 radical (unpaired) electrons. The number of hydrogen-bond donors (Lipinski definition) is 2. The number of carboxylic acid groups (broad SMARTS) is 1. The number of thioether (sulfide) groups is 1. The summed E-state index contributed by atoms with van der Waals surface area (Å²) in [7, 11) is 0. The smallest absolute Gasteiger partial charge is 0.308 e. The van der Waals surface area contributed by atoms with Gasteiger partial charge in [0.2, 0.25) is 5.91 Å². The topological polar surface area (TPSA) is 98.2 Å². The fraction of sp³-hybridized carbons (Fsp3) is 0.542. The van der Waals surface area contributed by atoms with Crippen molar-refractivity contribution in [2.75, 3.05) is 24.6 Å². The Morgan fingerprint density at radius 1 is 1.33 bits per heavy atom. The number of amides is 2. The molecule has 178 valence electrons. The lowest BCUT2D eigenvalue weighted by molar-refractivity contribution is -0.149. The molecule has 1 aromatic rings. The van der Waals surface area contributed by atoms with Gasteiger partial charge in [-0.15, -0.1) is 18.3 Å². The lowest BCUT2D eigenvalue weighted by atomic mass is 9.66. The van der Waals surface area contributed by atoms with Gasteiger partial charge in [-0.1, -0.05) is 24.6 Å². The normalized spacial score (nSPS) is 32.2. The average Bonchev–Trinajstić information content (AvgIpc) is 3.37. The summed E-state index contributed by atoms with van der Waals surface area (Å²) >= 11 is 7.57. The summed E-state index contributed by atoms with van der Waals surface area (Å²) in [6, 6.07) is 6.15. The monoisotopic (exact) mass is 492 g/mol. The van der Waals surface area contributed by atoms with E-state index in [1.54, 1.807) is 40.1 Å². The van der Waals surface area contributed by atoms with Crippen molar-refractivity contribution in [1.82, 2.24) is 4.90 Å². The lowest BCUT2D eigenvalue weighted by Gasteiger charge is -2.40. The van der Waals surface area contributed by atoms with Crippen LogP contribution in [0.1, 0.15) is 26.2 Å². The highest BCUT2D eigenvalue weighted by atomic mass is 35.5. The molecule has 7 nitrogen and oxygen atoms in total. The quantitative estimate of drug-likeness (QED) is 0.406. The molecule has 0 aromatic heterocycles. The fourth-order valence-electron chi connectivity index (χ4n) is 5.94. The maximum absolute atomic E-state index is 14.2. The van der Waals surface area contributed by atoms with Gasteiger partial charge in [-0.05, 0) is 49.4 Å². The maximum atomic E-state index is 14.2. The number of carboxylic acids is 1. The van der Waals surface area contributed by atoms with E-state index in [0.29, 0.717) is 36.5 Å². The van der Waals surface area contributed by atoms with E-state index in [2.05, 4.69) is 6.58 Å². The van der Waals surface area contributed by atoms with Crippen molar-refractivity contribution in [3.63, 3.8) is 0 Å². The Balaban J connectivity index is 1.78. The van der Waals surface area contributed by atoms with Gasteiger partial charge in [0.1, 0.15) is 6.04 Å². The summed E-state index contributed by atoms with van der Waals surface area (Å²) in [6.07, 6.45) is 3.35. The highest BCUT2D eigenvalue weighted by Gasteiger charge is 2.76. The molecule has 1 aromatic carbocycles. The van der Waals surface area contributed by atoms with Gasteiger partial charge in [0.05, 0.1) is 16.6 Å². The molecule has 33 heavy (non-hydrogen) atoms. The zero-order chi connectivity index (χ0) is 23.9. The molecule has 3 fully saturated rings. The third-order valence-corrected chi connectivity index (χ3v) is 9.62. The van der Waals surface area contributed by atoms with Crippen molar-refractivity contribution < 1.29 is 24.6 Å². The zero-order valence-electron chi connectivity index (χ0n) is 18.5. The number of aliphatic hydroxyl groups is 1. The first kappa shape index (κ1) is 24.1. The van der Waals surface area contributed by atoms with Gasteiger partial charge in [-0.3, -0.25) is 14.4 Å². The number of aliphatic carboxylic acids is 1. The molecule has 4 rings (SSSR count). The summed E-state index contributed by atoms with van der Waals surface area (Å²) in [5.41, 5.74) is 0.645. The molecule has 2 N–H and O–H groups in total. The highest BCUT2D eigenvalue weighted by molar-refractivity contribution is 8.02. The second kappa shape index (κ2) is 9.31. The SMILES string of the molecule is C=CCN(C(=O)C1N(CCCCO)C(=O)[C@@H]2[C@@H](C(=O)O)[C@H]3CC(C)C12S3)c1ccc(Cl)cc1. The summed E-state index contributed by atoms with van der Waals surface area (Å²) in [6.45, 7) is 6.38. The first-order valence-electron chi connectivity index (χ1n) is 11.3. The molecule has 1 spiro atoms. The third-order valence-electron chi connectivity index (χ3n) is 7.29. The Labute approximate surface area is 202 Å². The second-order valence-corrected chi connectivity index (χ2v) is 11.1. The zero-order valence-corrected chi connectivity index (χ0v) is 20.1. The Hall–Kier alpha value is -2.03. The van der Waals surface area contributed by atoms with E-state index in [-0.39, 0.29) is 36.1 Å². The van der Waals surface area contributed by atoms with Crippen molar-refractivity contribution in [3.05, 3.63) is 41.9 Å². The molecule has 2 bridgehead atoms. The number of carbonyl (C=O) groups is 3. The van der Waals surface area contributed by atoms with E-state index >= 15 is 0 Å². The van der Waals surface area contributed by atoms with Crippen LogP contribution in [0.4, 0.5) is 5.69 Å². The molecule has 9 heteroatoms. The minimum Gasteiger partial charge on any atom is -0.481 e. The first-order valence-corrected chi connectivity index (χ1v) is 12.5. The van der Waals surface area contributed by atoms with Crippen molar-refractivity contribution >= 4 is 46.8 Å². The van der Waals surface area contributed by atoms with Crippen LogP contribution in [0.2, 0.25) is 5.02 Å². The number of anilines is 1. The number of aliphatic hydroxyl groups excluding tert-OH is 1. The van der Waals surface area contributed by atoms with E-state index in [9.17, 15) is 24.6 Å². The van der Waals surface area contributed by atoms with Crippen molar-refractivity contribution in [2.24, 2.45) is 17.8 Å². The minimum absolute atomic E-state index is 0.00639. The molecule has 2 amide bonds. The molecule has 3 heterocycles. The van der Waals surface area contributed by atoms with Crippen LogP contribution >= 0.6 is 23.4 Å². The number of hydrogen-bond acceptors (Lipinski definition) is 5. The molecule has 0 aliphatic carbocycles. The molecule has 3 aliphatic rings. The predicted molar refractivity (Wildman–Crippen MR) is 128 cm³/mol. The van der Waals surface area contributed by atoms with Crippen LogP contribution in [0.5, 0.6) is 0 Å². The summed E-state index contributed by atoms with van der Waals surface area (Å²) in [5, 5.41) is 19.6. The Morgan fingerprint density at radius 2 is 2.03 bits per heavy atom. The number of unbranched alkanes of at least 4 members (excludes halogenated alkanes) is 1. The van der Waals surface area contributed by atoms with Gasteiger partial charge in [0.25, 0.3) is 5.91 Å². The number of carbonyl (C=O) groups excluding carboxylic acids is 2.